The smallest absolute Gasteiger partial charge is 0.450 e. The third kappa shape index (κ3) is 3.76. The Hall–Kier alpha value is -3.69. The van der Waals surface area contributed by atoms with Gasteiger partial charge in [0.2, 0.25) is 5.82 Å². The second kappa shape index (κ2) is 7.62. The summed E-state index contributed by atoms with van der Waals surface area (Å²) >= 11 is 0. The Balaban J connectivity index is 1.69. The number of methoxy groups -OCH3 is 1. The van der Waals surface area contributed by atoms with Crippen molar-refractivity contribution in [2.45, 2.75) is 19.6 Å². The van der Waals surface area contributed by atoms with E-state index in [-0.39, 0.29) is 16.9 Å². The number of rotatable bonds is 5. The molecule has 0 unspecified atom stereocenters. The molecule has 0 atom stereocenters. The molecule has 0 fully saturated rings. The zero-order chi connectivity index (χ0) is 21.3. The predicted molar refractivity (Wildman–Crippen MR) is 105 cm³/mol. The largest absolute Gasteiger partial charge is 0.497 e. The van der Waals surface area contributed by atoms with Crippen LogP contribution in [0.5, 0.6) is 5.75 Å². The molecule has 0 radical (unpaired) electrons. The lowest BCUT2D eigenvalue weighted by Crippen LogP contribution is -2.15. The highest BCUT2D eigenvalue weighted by Crippen LogP contribution is 2.34. The van der Waals surface area contributed by atoms with Crippen molar-refractivity contribution in [2.75, 3.05) is 12.4 Å². The van der Waals surface area contributed by atoms with Gasteiger partial charge in [-0.15, -0.1) is 0 Å². The van der Waals surface area contributed by atoms with Gasteiger partial charge in [0.15, 0.2) is 5.82 Å². The maximum Gasteiger partial charge on any atom is 0.450 e. The Morgan fingerprint density at radius 1 is 1.10 bits per heavy atom. The first-order valence-corrected chi connectivity index (χ1v) is 8.96. The number of pyridine rings is 1. The van der Waals surface area contributed by atoms with Crippen molar-refractivity contribution in [2.24, 2.45) is 0 Å². The molecule has 10 heteroatoms. The maximum absolute atomic E-state index is 13.6. The van der Waals surface area contributed by atoms with E-state index in [0.717, 1.165) is 15.7 Å². The molecule has 0 aliphatic rings. The van der Waals surface area contributed by atoms with E-state index in [2.05, 4.69) is 25.3 Å². The van der Waals surface area contributed by atoms with Gasteiger partial charge in [0.1, 0.15) is 11.6 Å². The van der Waals surface area contributed by atoms with Crippen LogP contribution in [-0.2, 0) is 12.7 Å². The molecule has 4 aromatic rings. The molecule has 0 saturated carbocycles. The van der Waals surface area contributed by atoms with Gasteiger partial charge in [-0.3, -0.25) is 9.55 Å². The molecule has 7 nitrogen and oxygen atoms in total. The molecular weight excluding hydrogens is 397 g/mol. The van der Waals surface area contributed by atoms with Crippen LogP contribution in [0.15, 0.2) is 49.1 Å². The summed E-state index contributed by atoms with van der Waals surface area (Å²) < 4.78 is 46.9. The number of ether oxygens (including phenoxy) is 1. The molecule has 0 aliphatic heterocycles. The van der Waals surface area contributed by atoms with Gasteiger partial charge in [-0.1, -0.05) is 0 Å². The van der Waals surface area contributed by atoms with Gasteiger partial charge < -0.3 is 10.1 Å². The normalized spacial score (nSPS) is 11.6. The number of alkyl halides is 3. The molecule has 4 rings (SSSR count). The molecule has 3 aromatic heterocycles. The summed E-state index contributed by atoms with van der Waals surface area (Å²) in [5, 5.41) is 3.11. The van der Waals surface area contributed by atoms with Crippen LogP contribution in [0.3, 0.4) is 0 Å². The average molecular weight is 414 g/mol. The van der Waals surface area contributed by atoms with Gasteiger partial charge in [0.25, 0.3) is 0 Å². The standard InChI is InChI=1S/C20H17F3N6O/c1-12-8-24-6-5-13(12)9-25-17-10-27-18(11-26-17)29-16-7-14(30-2)3-4-15(16)28-19(29)20(21,22)23/h3-8,10-11H,9H2,1-2H3,(H,25,26). The number of aryl methyl sites for hydroxylation is 1. The van der Waals surface area contributed by atoms with Crippen molar-refractivity contribution in [3.63, 3.8) is 0 Å². The summed E-state index contributed by atoms with van der Waals surface area (Å²) in [6.45, 7) is 2.43. The number of hydrogen-bond acceptors (Lipinski definition) is 6. The fraction of sp³-hybridized carbons (Fsp3) is 0.200. The minimum atomic E-state index is -4.66. The number of nitrogens with one attached hydrogen (secondary N) is 1. The minimum Gasteiger partial charge on any atom is -0.497 e. The highest BCUT2D eigenvalue weighted by atomic mass is 19.4. The van der Waals surface area contributed by atoms with E-state index in [1.54, 1.807) is 18.5 Å². The molecule has 0 saturated heterocycles. The highest BCUT2D eigenvalue weighted by Gasteiger charge is 2.38. The number of fused-ring (bicyclic) bond motifs is 1. The van der Waals surface area contributed by atoms with Crippen molar-refractivity contribution >= 4 is 16.9 Å². The quantitative estimate of drug-likeness (QED) is 0.529. The number of anilines is 1. The monoisotopic (exact) mass is 414 g/mol. The zero-order valence-electron chi connectivity index (χ0n) is 16.1. The van der Waals surface area contributed by atoms with E-state index in [1.807, 2.05) is 13.0 Å². The summed E-state index contributed by atoms with van der Waals surface area (Å²) in [6.07, 6.45) is 1.44. The van der Waals surface area contributed by atoms with E-state index < -0.39 is 12.0 Å². The molecular formula is C20H17F3N6O. The number of imidazole rings is 1. The van der Waals surface area contributed by atoms with E-state index in [4.69, 9.17) is 4.74 Å². The summed E-state index contributed by atoms with van der Waals surface area (Å²) in [5.41, 5.74) is 2.45. The van der Waals surface area contributed by atoms with Crippen molar-refractivity contribution in [1.82, 2.24) is 24.5 Å². The van der Waals surface area contributed by atoms with Crippen LogP contribution in [0.4, 0.5) is 19.0 Å². The molecule has 154 valence electrons. The van der Waals surface area contributed by atoms with Crippen LogP contribution in [0, 0.1) is 6.92 Å². The van der Waals surface area contributed by atoms with Crippen LogP contribution in [-0.4, -0.2) is 31.6 Å². The molecule has 0 amide bonds. The Morgan fingerprint density at radius 3 is 2.60 bits per heavy atom. The van der Waals surface area contributed by atoms with Crippen LogP contribution in [0.25, 0.3) is 16.9 Å². The van der Waals surface area contributed by atoms with Gasteiger partial charge in [-0.2, -0.15) is 13.2 Å². The lowest BCUT2D eigenvalue weighted by atomic mass is 10.1. The maximum atomic E-state index is 13.6. The second-order valence-corrected chi connectivity index (χ2v) is 6.54. The van der Waals surface area contributed by atoms with E-state index in [9.17, 15) is 13.2 Å². The summed E-state index contributed by atoms with van der Waals surface area (Å²) in [5.74, 6) is -0.223. The lowest BCUT2D eigenvalue weighted by Gasteiger charge is -2.12. The lowest BCUT2D eigenvalue weighted by molar-refractivity contribution is -0.145. The Kier molecular flexibility index (Phi) is 4.98. The Morgan fingerprint density at radius 2 is 1.93 bits per heavy atom. The molecule has 3 heterocycles. The van der Waals surface area contributed by atoms with Gasteiger partial charge >= 0.3 is 6.18 Å². The molecule has 1 aromatic carbocycles. The average Bonchev–Trinajstić information content (AvgIpc) is 3.13. The highest BCUT2D eigenvalue weighted by molar-refractivity contribution is 5.79. The van der Waals surface area contributed by atoms with E-state index >= 15 is 0 Å². The van der Waals surface area contributed by atoms with Gasteiger partial charge in [-0.25, -0.2) is 15.0 Å². The Bertz CT molecular complexity index is 1190. The summed E-state index contributed by atoms with van der Waals surface area (Å²) in [6, 6.07) is 6.39. The van der Waals surface area contributed by atoms with Crippen molar-refractivity contribution in [1.29, 1.82) is 0 Å². The van der Waals surface area contributed by atoms with Crippen LogP contribution in [0.1, 0.15) is 17.0 Å². The first kappa shape index (κ1) is 19.6. The van der Waals surface area contributed by atoms with E-state index in [0.29, 0.717) is 18.1 Å². The number of hydrogen-bond donors (Lipinski definition) is 1. The predicted octanol–water partition coefficient (Wildman–Crippen LogP) is 4.16. The number of halogens is 3. The molecule has 0 spiro atoms. The van der Waals surface area contributed by atoms with Gasteiger partial charge in [0, 0.05) is 25.0 Å². The van der Waals surface area contributed by atoms with Crippen LogP contribution >= 0.6 is 0 Å². The van der Waals surface area contributed by atoms with Crippen LogP contribution < -0.4 is 10.1 Å². The number of aromatic nitrogens is 5. The fourth-order valence-electron chi connectivity index (χ4n) is 3.02. The van der Waals surface area contributed by atoms with Gasteiger partial charge in [0.05, 0.1) is 30.5 Å². The minimum absolute atomic E-state index is 0.00344. The summed E-state index contributed by atoms with van der Waals surface area (Å²) in [4.78, 5) is 16.2. The third-order valence-electron chi connectivity index (χ3n) is 4.58. The zero-order valence-corrected chi connectivity index (χ0v) is 16.1. The van der Waals surface area contributed by atoms with Crippen molar-refractivity contribution in [3.8, 4) is 11.6 Å². The first-order valence-electron chi connectivity index (χ1n) is 8.96. The fourth-order valence-corrected chi connectivity index (χ4v) is 3.02. The van der Waals surface area contributed by atoms with Crippen molar-refractivity contribution < 1.29 is 17.9 Å². The molecule has 0 bridgehead atoms. The summed E-state index contributed by atoms with van der Waals surface area (Å²) in [7, 11) is 1.44. The second-order valence-electron chi connectivity index (χ2n) is 6.54. The SMILES string of the molecule is COc1ccc2nc(C(F)(F)F)n(-c3cnc(NCc4ccncc4C)cn3)c2c1. The van der Waals surface area contributed by atoms with Crippen LogP contribution in [0.2, 0.25) is 0 Å². The molecule has 30 heavy (non-hydrogen) atoms. The number of nitrogens with zero attached hydrogens (tertiary/aromatic N) is 5. The third-order valence-corrected chi connectivity index (χ3v) is 4.58. The first-order chi connectivity index (χ1) is 14.4. The number of benzene rings is 1. The van der Waals surface area contributed by atoms with E-state index in [1.165, 1.54) is 31.6 Å². The topological polar surface area (TPSA) is 77.8 Å². The Labute approximate surface area is 169 Å². The molecule has 1 N–H and O–H groups in total. The van der Waals surface area contributed by atoms with Gasteiger partial charge in [-0.05, 0) is 36.2 Å². The van der Waals surface area contributed by atoms with Crippen molar-refractivity contribution in [3.05, 3.63) is 66.0 Å². The molecule has 0 aliphatic carbocycles.